The van der Waals surface area contributed by atoms with Gasteiger partial charge in [0.15, 0.2) is 12.4 Å². The van der Waals surface area contributed by atoms with Crippen LogP contribution in [0, 0.1) is 0 Å². The maximum absolute atomic E-state index is 12.3. The Kier molecular flexibility index (Phi) is 6.06. The van der Waals surface area contributed by atoms with E-state index in [1.807, 2.05) is 30.3 Å². The summed E-state index contributed by atoms with van der Waals surface area (Å²) in [5.74, 6) is 1.23. The molecule has 1 aliphatic rings. The molecule has 196 valence electrons. The number of methoxy groups -OCH3 is 1. The highest BCUT2D eigenvalue weighted by Gasteiger charge is 2.24. The van der Waals surface area contributed by atoms with Gasteiger partial charge in [0, 0.05) is 18.2 Å². The number of rotatable bonds is 4. The molecule has 4 aromatic rings. The maximum Gasteiger partial charge on any atom is 0.412 e. The van der Waals surface area contributed by atoms with Crippen LogP contribution in [0.5, 0.6) is 11.5 Å². The molecule has 0 bridgehead atoms. The van der Waals surface area contributed by atoms with Gasteiger partial charge in [0.05, 0.1) is 24.2 Å². The van der Waals surface area contributed by atoms with Gasteiger partial charge in [0.25, 0.3) is 5.91 Å². The lowest BCUT2D eigenvalue weighted by molar-refractivity contribution is -0.120. The van der Waals surface area contributed by atoms with Crippen molar-refractivity contribution < 1.29 is 23.8 Å². The van der Waals surface area contributed by atoms with Gasteiger partial charge in [0.2, 0.25) is 0 Å². The summed E-state index contributed by atoms with van der Waals surface area (Å²) in [6.07, 6.45) is 0.811. The third-order valence-corrected chi connectivity index (χ3v) is 6.07. The van der Waals surface area contributed by atoms with Crippen LogP contribution in [-0.4, -0.2) is 53.0 Å². The van der Waals surface area contributed by atoms with Gasteiger partial charge < -0.3 is 24.8 Å². The molecular weight excluding hydrogens is 488 g/mol. The molecule has 2 aromatic heterocycles. The Morgan fingerprint density at radius 1 is 1.13 bits per heavy atom. The number of nitrogens with two attached hydrogens (primary N) is 1. The summed E-state index contributed by atoms with van der Waals surface area (Å²) >= 11 is 0. The standard InChI is InChI=1S/C27H28N6O5/c1-27(2,3)38-26(35)31-18-8-6-15(10-21(18)36-5)17-12-20(33-24(17)25(28)29-14-30-33)16-7-9-19-22(11-16)37-13-23(34)32(19)4/h6-12,14H,13H2,1-5H3,(H,31,35)(H2,28,29,30). The highest BCUT2D eigenvalue weighted by molar-refractivity contribution is 5.98. The minimum Gasteiger partial charge on any atom is -0.495 e. The number of nitrogen functional groups attached to an aromatic ring is 1. The maximum atomic E-state index is 12.3. The zero-order chi connectivity index (χ0) is 27.2. The van der Waals surface area contributed by atoms with E-state index in [-0.39, 0.29) is 12.5 Å². The Balaban J connectivity index is 1.58. The lowest BCUT2D eigenvalue weighted by atomic mass is 10.0. The molecule has 2 amide bonds. The fourth-order valence-corrected chi connectivity index (χ4v) is 4.31. The third-order valence-electron chi connectivity index (χ3n) is 6.07. The number of anilines is 3. The van der Waals surface area contributed by atoms with Crippen LogP contribution < -0.4 is 25.4 Å². The lowest BCUT2D eigenvalue weighted by Gasteiger charge is -2.26. The summed E-state index contributed by atoms with van der Waals surface area (Å²) in [6.45, 7) is 5.36. The van der Waals surface area contributed by atoms with Crippen molar-refractivity contribution in [2.75, 3.05) is 36.7 Å². The summed E-state index contributed by atoms with van der Waals surface area (Å²) in [5, 5.41) is 7.18. The number of fused-ring (bicyclic) bond motifs is 2. The first-order valence-electron chi connectivity index (χ1n) is 11.9. The molecule has 2 aromatic carbocycles. The van der Waals surface area contributed by atoms with Crippen LogP contribution in [0.2, 0.25) is 0 Å². The van der Waals surface area contributed by atoms with Crippen molar-refractivity contribution in [1.82, 2.24) is 14.6 Å². The Hall–Kier alpha value is -4.80. The monoisotopic (exact) mass is 516 g/mol. The topological polar surface area (TPSA) is 133 Å². The Morgan fingerprint density at radius 3 is 2.63 bits per heavy atom. The van der Waals surface area contributed by atoms with E-state index in [2.05, 4.69) is 15.4 Å². The molecular formula is C27H28N6O5. The number of hydrogen-bond donors (Lipinski definition) is 2. The van der Waals surface area contributed by atoms with Crippen molar-refractivity contribution in [3.63, 3.8) is 0 Å². The van der Waals surface area contributed by atoms with E-state index in [4.69, 9.17) is 19.9 Å². The summed E-state index contributed by atoms with van der Waals surface area (Å²) in [7, 11) is 3.24. The highest BCUT2D eigenvalue weighted by Crippen LogP contribution is 2.40. The second-order valence-corrected chi connectivity index (χ2v) is 9.81. The first-order chi connectivity index (χ1) is 18.1. The number of benzene rings is 2. The number of nitrogens with one attached hydrogen (secondary N) is 1. The molecule has 0 radical (unpaired) electrons. The predicted octanol–water partition coefficient (Wildman–Crippen LogP) is 4.36. The van der Waals surface area contributed by atoms with Crippen molar-refractivity contribution in [3.8, 4) is 33.9 Å². The fraction of sp³-hybridized carbons (Fsp3) is 0.259. The number of hydrogen-bond acceptors (Lipinski definition) is 8. The number of ether oxygens (including phenoxy) is 3. The van der Waals surface area contributed by atoms with Gasteiger partial charge in [-0.05, 0) is 56.7 Å². The molecule has 0 unspecified atom stereocenters. The second kappa shape index (κ2) is 9.25. The number of nitrogens with zero attached hydrogens (tertiary/aromatic N) is 4. The normalized spacial score (nSPS) is 13.2. The number of aromatic nitrogens is 3. The molecule has 5 rings (SSSR count). The summed E-state index contributed by atoms with van der Waals surface area (Å²) in [6, 6.07) is 12.9. The molecule has 3 N–H and O–H groups in total. The van der Waals surface area contributed by atoms with Crippen LogP contribution in [0.1, 0.15) is 20.8 Å². The molecule has 0 fully saturated rings. The molecule has 0 spiro atoms. The van der Waals surface area contributed by atoms with E-state index in [0.29, 0.717) is 34.2 Å². The average Bonchev–Trinajstić information content (AvgIpc) is 3.26. The van der Waals surface area contributed by atoms with Gasteiger partial charge in [-0.1, -0.05) is 12.1 Å². The third kappa shape index (κ3) is 4.54. The Bertz CT molecular complexity index is 1570. The molecule has 11 nitrogen and oxygen atoms in total. The van der Waals surface area contributed by atoms with Crippen LogP contribution in [0.4, 0.5) is 22.0 Å². The van der Waals surface area contributed by atoms with Crippen LogP contribution in [-0.2, 0) is 9.53 Å². The van der Waals surface area contributed by atoms with E-state index in [9.17, 15) is 9.59 Å². The minimum atomic E-state index is -0.636. The van der Waals surface area contributed by atoms with E-state index >= 15 is 0 Å². The van der Waals surface area contributed by atoms with Crippen LogP contribution >= 0.6 is 0 Å². The Labute approximate surface area is 219 Å². The predicted molar refractivity (Wildman–Crippen MR) is 144 cm³/mol. The van der Waals surface area contributed by atoms with Crippen molar-refractivity contribution in [2.24, 2.45) is 0 Å². The van der Waals surface area contributed by atoms with Gasteiger partial charge >= 0.3 is 6.09 Å². The van der Waals surface area contributed by atoms with Crippen LogP contribution in [0.15, 0.2) is 48.8 Å². The number of amides is 2. The minimum absolute atomic E-state index is 0.0221. The van der Waals surface area contributed by atoms with Gasteiger partial charge in [-0.3, -0.25) is 10.1 Å². The molecule has 11 heteroatoms. The molecule has 0 saturated carbocycles. The molecule has 0 aliphatic carbocycles. The van der Waals surface area contributed by atoms with Gasteiger partial charge in [-0.15, -0.1) is 0 Å². The van der Waals surface area contributed by atoms with Gasteiger partial charge in [0.1, 0.15) is 28.9 Å². The van der Waals surface area contributed by atoms with E-state index in [1.54, 1.807) is 49.4 Å². The number of likely N-dealkylation sites (N-methyl/N-ethyl adjacent to an activating group) is 1. The van der Waals surface area contributed by atoms with Gasteiger partial charge in [-0.2, -0.15) is 5.10 Å². The zero-order valence-electron chi connectivity index (χ0n) is 21.7. The Morgan fingerprint density at radius 2 is 1.89 bits per heavy atom. The molecule has 3 heterocycles. The van der Waals surface area contributed by atoms with E-state index in [1.165, 1.54) is 13.4 Å². The van der Waals surface area contributed by atoms with E-state index in [0.717, 1.165) is 22.4 Å². The summed E-state index contributed by atoms with van der Waals surface area (Å²) in [5.41, 5.74) is 10.6. The second-order valence-electron chi connectivity index (χ2n) is 9.81. The highest BCUT2D eigenvalue weighted by atomic mass is 16.6. The van der Waals surface area contributed by atoms with Gasteiger partial charge in [-0.25, -0.2) is 14.3 Å². The quantitative estimate of drug-likeness (QED) is 0.409. The van der Waals surface area contributed by atoms with Crippen molar-refractivity contribution in [1.29, 1.82) is 0 Å². The lowest BCUT2D eigenvalue weighted by Crippen LogP contribution is -2.35. The van der Waals surface area contributed by atoms with E-state index < -0.39 is 11.7 Å². The zero-order valence-corrected chi connectivity index (χ0v) is 21.7. The van der Waals surface area contributed by atoms with Crippen molar-refractivity contribution >= 4 is 34.7 Å². The molecule has 38 heavy (non-hydrogen) atoms. The first kappa shape index (κ1) is 24.9. The largest absolute Gasteiger partial charge is 0.495 e. The average molecular weight is 517 g/mol. The fourth-order valence-electron chi connectivity index (χ4n) is 4.31. The SMILES string of the molecule is COc1cc(-c2cc(-c3ccc4c(c3)OCC(=O)N4C)n3ncnc(N)c23)ccc1NC(=O)OC(C)(C)C. The molecule has 1 aliphatic heterocycles. The number of carbonyl (C=O) groups is 2. The molecule has 0 atom stereocenters. The van der Waals surface area contributed by atoms with Crippen LogP contribution in [0.25, 0.3) is 27.9 Å². The summed E-state index contributed by atoms with van der Waals surface area (Å²) < 4.78 is 18.3. The smallest absolute Gasteiger partial charge is 0.412 e. The van der Waals surface area contributed by atoms with Crippen LogP contribution in [0.3, 0.4) is 0 Å². The van der Waals surface area contributed by atoms with Crippen molar-refractivity contribution in [3.05, 3.63) is 48.8 Å². The first-order valence-corrected chi connectivity index (χ1v) is 11.9. The molecule has 0 saturated heterocycles. The van der Waals surface area contributed by atoms with Crippen molar-refractivity contribution in [2.45, 2.75) is 26.4 Å². The summed E-state index contributed by atoms with van der Waals surface area (Å²) in [4.78, 5) is 30.1. The number of carbonyl (C=O) groups excluding carboxylic acids is 2.